The number of anilines is 1. The van der Waals surface area contributed by atoms with Gasteiger partial charge in [-0.25, -0.2) is 0 Å². The van der Waals surface area contributed by atoms with Gasteiger partial charge >= 0.3 is 0 Å². The largest absolute Gasteiger partial charge is 0.326 e. The molecular formula is C15H22N4O3. The van der Waals surface area contributed by atoms with E-state index in [2.05, 4.69) is 22.5 Å². The third-order valence-electron chi connectivity index (χ3n) is 4.04. The molecule has 22 heavy (non-hydrogen) atoms. The van der Waals surface area contributed by atoms with Crippen molar-refractivity contribution < 1.29 is 9.72 Å². The fourth-order valence-electron chi connectivity index (χ4n) is 2.63. The Morgan fingerprint density at radius 1 is 1.55 bits per heavy atom. The maximum atomic E-state index is 12.1. The van der Waals surface area contributed by atoms with E-state index in [9.17, 15) is 14.9 Å². The van der Waals surface area contributed by atoms with E-state index < -0.39 is 4.92 Å². The number of carbonyl (C=O) groups excluding carboxylic acids is 1. The summed E-state index contributed by atoms with van der Waals surface area (Å²) >= 11 is 0. The number of hydrogen-bond donors (Lipinski definition) is 2. The summed E-state index contributed by atoms with van der Waals surface area (Å²) in [6, 6.07) is 5.13. The minimum Gasteiger partial charge on any atom is -0.326 e. The zero-order valence-corrected chi connectivity index (χ0v) is 13.0. The second-order valence-electron chi connectivity index (χ2n) is 5.59. The molecule has 1 amide bonds. The molecule has 1 fully saturated rings. The number of rotatable bonds is 5. The molecule has 7 nitrogen and oxygen atoms in total. The van der Waals surface area contributed by atoms with E-state index >= 15 is 0 Å². The maximum absolute atomic E-state index is 12.1. The second kappa shape index (κ2) is 7.33. The summed E-state index contributed by atoms with van der Waals surface area (Å²) in [7, 11) is 0. The highest BCUT2D eigenvalue weighted by Gasteiger charge is 2.19. The van der Waals surface area contributed by atoms with Crippen LogP contribution in [0.25, 0.3) is 0 Å². The predicted molar refractivity (Wildman–Crippen MR) is 85.0 cm³/mol. The molecule has 2 rings (SSSR count). The number of benzene rings is 1. The van der Waals surface area contributed by atoms with Crippen molar-refractivity contribution in [1.29, 1.82) is 0 Å². The lowest BCUT2D eigenvalue weighted by molar-refractivity contribution is -0.385. The molecule has 1 aromatic carbocycles. The first-order chi connectivity index (χ1) is 10.5. The molecule has 0 bridgehead atoms. The first kappa shape index (κ1) is 16.4. The third kappa shape index (κ3) is 4.02. The number of amides is 1. The van der Waals surface area contributed by atoms with Crippen LogP contribution < -0.4 is 10.6 Å². The zero-order chi connectivity index (χ0) is 16.1. The molecule has 1 aliphatic rings. The Morgan fingerprint density at radius 2 is 2.32 bits per heavy atom. The second-order valence-corrected chi connectivity index (χ2v) is 5.59. The van der Waals surface area contributed by atoms with Gasteiger partial charge in [-0.1, -0.05) is 6.07 Å². The average molecular weight is 306 g/mol. The summed E-state index contributed by atoms with van der Waals surface area (Å²) in [4.78, 5) is 24.8. The third-order valence-corrected chi connectivity index (χ3v) is 4.04. The lowest BCUT2D eigenvalue weighted by Gasteiger charge is -2.33. The summed E-state index contributed by atoms with van der Waals surface area (Å²) in [6.45, 7) is 7.29. The van der Waals surface area contributed by atoms with Crippen LogP contribution in [0.3, 0.4) is 0 Å². The fraction of sp³-hybridized carbons (Fsp3) is 0.533. The van der Waals surface area contributed by atoms with Crippen molar-refractivity contribution in [2.75, 3.05) is 31.5 Å². The molecular weight excluding hydrogens is 284 g/mol. The summed E-state index contributed by atoms with van der Waals surface area (Å²) in [6.07, 6.45) is 0.381. The Bertz CT molecular complexity index is 562. The number of nitrogens with zero attached hydrogens (tertiary/aromatic N) is 2. The monoisotopic (exact) mass is 306 g/mol. The molecule has 0 radical (unpaired) electrons. The van der Waals surface area contributed by atoms with Gasteiger partial charge in [-0.05, 0) is 19.9 Å². The predicted octanol–water partition coefficient (Wildman–Crippen LogP) is 1.53. The Labute approximate surface area is 129 Å². The summed E-state index contributed by atoms with van der Waals surface area (Å²) in [5.41, 5.74) is 1.01. The Hall–Kier alpha value is -1.99. The number of nitro groups is 1. The van der Waals surface area contributed by atoms with Crippen LogP contribution in [0.2, 0.25) is 0 Å². The lowest BCUT2D eigenvalue weighted by Crippen LogP contribution is -2.50. The summed E-state index contributed by atoms with van der Waals surface area (Å²) in [5, 5.41) is 17.0. The minimum atomic E-state index is -0.437. The SMILES string of the molecule is Cc1c(NC(=O)CCN2CCNC[C@H]2C)cccc1[N+](=O)[O-]. The van der Waals surface area contributed by atoms with E-state index in [-0.39, 0.29) is 11.6 Å². The van der Waals surface area contributed by atoms with E-state index in [1.807, 2.05) is 0 Å². The van der Waals surface area contributed by atoms with E-state index in [0.29, 0.717) is 30.3 Å². The van der Waals surface area contributed by atoms with Crippen molar-refractivity contribution in [1.82, 2.24) is 10.2 Å². The summed E-state index contributed by atoms with van der Waals surface area (Å²) < 4.78 is 0. The minimum absolute atomic E-state index is 0.0218. The highest BCUT2D eigenvalue weighted by Crippen LogP contribution is 2.25. The van der Waals surface area contributed by atoms with Crippen LogP contribution in [0.15, 0.2) is 18.2 Å². The van der Waals surface area contributed by atoms with Crippen LogP contribution >= 0.6 is 0 Å². The van der Waals surface area contributed by atoms with Crippen LogP contribution in [0.4, 0.5) is 11.4 Å². The average Bonchev–Trinajstić information content (AvgIpc) is 2.48. The number of nitrogens with one attached hydrogen (secondary N) is 2. The van der Waals surface area contributed by atoms with Crippen LogP contribution in [0.1, 0.15) is 18.9 Å². The van der Waals surface area contributed by atoms with Crippen LogP contribution in [-0.2, 0) is 4.79 Å². The van der Waals surface area contributed by atoms with Gasteiger partial charge in [0.2, 0.25) is 5.91 Å². The van der Waals surface area contributed by atoms with Gasteiger partial charge in [0.25, 0.3) is 5.69 Å². The number of hydrogen-bond acceptors (Lipinski definition) is 5. The van der Waals surface area contributed by atoms with E-state index in [0.717, 1.165) is 19.6 Å². The smallest absolute Gasteiger partial charge is 0.274 e. The van der Waals surface area contributed by atoms with Crippen LogP contribution in [0, 0.1) is 17.0 Å². The molecule has 0 aliphatic carbocycles. The van der Waals surface area contributed by atoms with Crippen molar-refractivity contribution in [3.8, 4) is 0 Å². The molecule has 2 N–H and O–H groups in total. The molecule has 1 aromatic rings. The molecule has 1 saturated heterocycles. The van der Waals surface area contributed by atoms with Crippen molar-refractivity contribution >= 4 is 17.3 Å². The molecule has 0 unspecified atom stereocenters. The van der Waals surface area contributed by atoms with Gasteiger partial charge in [-0.3, -0.25) is 19.8 Å². The molecule has 120 valence electrons. The van der Waals surface area contributed by atoms with Gasteiger partial charge in [0.05, 0.1) is 16.2 Å². The first-order valence-corrected chi connectivity index (χ1v) is 7.47. The molecule has 0 saturated carbocycles. The Balaban J connectivity index is 1.92. The molecule has 1 atom stereocenters. The van der Waals surface area contributed by atoms with Crippen molar-refractivity contribution in [3.05, 3.63) is 33.9 Å². The number of nitro benzene ring substituents is 1. The number of piperazine rings is 1. The quantitative estimate of drug-likeness (QED) is 0.636. The van der Waals surface area contributed by atoms with Crippen molar-refractivity contribution in [3.63, 3.8) is 0 Å². The normalized spacial score (nSPS) is 18.9. The standard InChI is InChI=1S/C15H22N4O3/c1-11-10-16-7-9-18(11)8-6-15(20)17-13-4-3-5-14(12(13)2)19(21)22/h3-5,11,16H,6-10H2,1-2H3,(H,17,20)/t11-/m1/s1. The first-order valence-electron chi connectivity index (χ1n) is 7.47. The van der Waals surface area contributed by atoms with Crippen molar-refractivity contribution in [2.45, 2.75) is 26.3 Å². The van der Waals surface area contributed by atoms with E-state index in [1.54, 1.807) is 19.1 Å². The van der Waals surface area contributed by atoms with Gasteiger partial charge < -0.3 is 10.6 Å². The Morgan fingerprint density at radius 3 is 3.00 bits per heavy atom. The van der Waals surface area contributed by atoms with E-state index in [4.69, 9.17) is 0 Å². The highest BCUT2D eigenvalue weighted by molar-refractivity contribution is 5.92. The Kier molecular flexibility index (Phi) is 5.46. The van der Waals surface area contributed by atoms with Gasteiger partial charge in [-0.15, -0.1) is 0 Å². The highest BCUT2D eigenvalue weighted by atomic mass is 16.6. The van der Waals surface area contributed by atoms with Gasteiger partial charge in [0.15, 0.2) is 0 Å². The fourth-order valence-corrected chi connectivity index (χ4v) is 2.63. The molecule has 7 heteroatoms. The molecule has 0 spiro atoms. The van der Waals surface area contributed by atoms with Crippen LogP contribution in [0.5, 0.6) is 0 Å². The number of carbonyl (C=O) groups is 1. The summed E-state index contributed by atoms with van der Waals surface area (Å²) in [5.74, 6) is -0.116. The van der Waals surface area contributed by atoms with Gasteiger partial charge in [-0.2, -0.15) is 0 Å². The maximum Gasteiger partial charge on any atom is 0.274 e. The van der Waals surface area contributed by atoms with Crippen molar-refractivity contribution in [2.24, 2.45) is 0 Å². The van der Waals surface area contributed by atoms with Gasteiger partial charge in [0.1, 0.15) is 0 Å². The van der Waals surface area contributed by atoms with Crippen LogP contribution in [-0.4, -0.2) is 48.0 Å². The lowest BCUT2D eigenvalue weighted by atomic mass is 10.1. The molecule has 1 aliphatic heterocycles. The zero-order valence-electron chi connectivity index (χ0n) is 13.0. The van der Waals surface area contributed by atoms with Gasteiger partial charge in [0, 0.05) is 44.7 Å². The molecule has 0 aromatic heterocycles. The van der Waals surface area contributed by atoms with E-state index in [1.165, 1.54) is 6.07 Å². The molecule has 1 heterocycles. The topological polar surface area (TPSA) is 87.5 Å².